The predicted octanol–water partition coefficient (Wildman–Crippen LogP) is 0.807. The lowest BCUT2D eigenvalue weighted by molar-refractivity contribution is 0.0754. The first-order valence-electron chi connectivity index (χ1n) is 6.80. The quantitative estimate of drug-likeness (QED) is 0.810. The molecule has 0 saturated heterocycles. The number of rotatable bonds is 6. The van der Waals surface area contributed by atoms with Gasteiger partial charge in [-0.2, -0.15) is 5.10 Å². The Hall–Kier alpha value is -1.41. The summed E-state index contributed by atoms with van der Waals surface area (Å²) in [5.74, 6) is -0.264. The zero-order valence-corrected chi connectivity index (χ0v) is 12.5. The summed E-state index contributed by atoms with van der Waals surface area (Å²) in [7, 11) is -3.97. The Morgan fingerprint density at radius 1 is 1.45 bits per heavy atom. The Morgan fingerprint density at radius 3 is 2.55 bits per heavy atom. The molecule has 1 heterocycles. The van der Waals surface area contributed by atoms with Crippen molar-refractivity contribution in [1.29, 1.82) is 0 Å². The molecule has 20 heavy (non-hydrogen) atoms. The van der Waals surface area contributed by atoms with Crippen LogP contribution in [-0.4, -0.2) is 42.5 Å². The first kappa shape index (κ1) is 15.0. The van der Waals surface area contributed by atoms with Crippen molar-refractivity contribution >= 4 is 15.9 Å². The van der Waals surface area contributed by atoms with Crippen LogP contribution in [-0.2, 0) is 10.0 Å². The molecule has 0 aliphatic heterocycles. The van der Waals surface area contributed by atoms with Crippen molar-refractivity contribution in [1.82, 2.24) is 15.1 Å². The molecule has 0 unspecified atom stereocenters. The second-order valence-electron chi connectivity index (χ2n) is 5.02. The number of hydrogen-bond acceptors (Lipinski definition) is 4. The standard InChI is InChI=1S/C12H20N4O3S/c1-3-7-16(4-2)12(17)10-11(20(13,18)19)9(14-15-10)8-5-6-8/h8H,3-7H2,1-2H3,(H,14,15)(H2,13,18,19). The number of carbonyl (C=O) groups excluding carboxylic acids is 1. The van der Waals surface area contributed by atoms with Crippen molar-refractivity contribution in [2.75, 3.05) is 13.1 Å². The summed E-state index contributed by atoms with van der Waals surface area (Å²) >= 11 is 0. The van der Waals surface area contributed by atoms with Gasteiger partial charge in [-0.05, 0) is 26.2 Å². The largest absolute Gasteiger partial charge is 0.338 e. The van der Waals surface area contributed by atoms with Crippen LogP contribution in [0.3, 0.4) is 0 Å². The van der Waals surface area contributed by atoms with E-state index in [1.807, 2.05) is 13.8 Å². The average molecular weight is 300 g/mol. The fourth-order valence-electron chi connectivity index (χ4n) is 2.25. The smallest absolute Gasteiger partial charge is 0.275 e. The first-order valence-corrected chi connectivity index (χ1v) is 8.35. The molecule has 1 aromatic heterocycles. The minimum absolute atomic E-state index is 0.0790. The van der Waals surface area contributed by atoms with Crippen molar-refractivity contribution < 1.29 is 13.2 Å². The van der Waals surface area contributed by atoms with Gasteiger partial charge in [-0.1, -0.05) is 6.92 Å². The van der Waals surface area contributed by atoms with Gasteiger partial charge in [-0.15, -0.1) is 0 Å². The Kier molecular flexibility index (Phi) is 4.14. The number of aromatic nitrogens is 2. The molecule has 1 aromatic rings. The minimum atomic E-state index is -3.97. The molecular weight excluding hydrogens is 280 g/mol. The summed E-state index contributed by atoms with van der Waals surface area (Å²) < 4.78 is 23.6. The third-order valence-electron chi connectivity index (χ3n) is 3.38. The maximum absolute atomic E-state index is 12.4. The molecule has 2 rings (SSSR count). The zero-order chi connectivity index (χ0) is 14.9. The van der Waals surface area contributed by atoms with Gasteiger partial charge < -0.3 is 4.90 Å². The fraction of sp³-hybridized carbons (Fsp3) is 0.667. The molecule has 8 heteroatoms. The number of nitrogens with one attached hydrogen (secondary N) is 1. The van der Waals surface area contributed by atoms with Crippen LogP contribution in [0.5, 0.6) is 0 Å². The van der Waals surface area contributed by atoms with E-state index in [0.717, 1.165) is 19.3 Å². The Balaban J connectivity index is 2.44. The monoisotopic (exact) mass is 300 g/mol. The van der Waals surface area contributed by atoms with E-state index in [2.05, 4.69) is 10.2 Å². The number of sulfonamides is 1. The number of carbonyl (C=O) groups is 1. The third kappa shape index (κ3) is 2.85. The number of amides is 1. The van der Waals surface area contributed by atoms with Crippen LogP contribution >= 0.6 is 0 Å². The molecule has 112 valence electrons. The molecule has 3 N–H and O–H groups in total. The predicted molar refractivity (Wildman–Crippen MR) is 73.8 cm³/mol. The van der Waals surface area contributed by atoms with Gasteiger partial charge in [-0.25, -0.2) is 13.6 Å². The number of nitrogens with zero attached hydrogens (tertiary/aromatic N) is 2. The van der Waals surface area contributed by atoms with E-state index in [9.17, 15) is 13.2 Å². The topological polar surface area (TPSA) is 109 Å². The lowest BCUT2D eigenvalue weighted by Gasteiger charge is -2.19. The van der Waals surface area contributed by atoms with Gasteiger partial charge in [0.05, 0.1) is 5.69 Å². The molecule has 7 nitrogen and oxygen atoms in total. The summed E-state index contributed by atoms with van der Waals surface area (Å²) in [4.78, 5) is 13.9. The van der Waals surface area contributed by atoms with E-state index in [-0.39, 0.29) is 22.4 Å². The van der Waals surface area contributed by atoms with E-state index in [1.54, 1.807) is 4.90 Å². The van der Waals surface area contributed by atoms with Crippen molar-refractivity contribution in [2.45, 2.75) is 43.9 Å². The Morgan fingerprint density at radius 2 is 2.10 bits per heavy atom. The van der Waals surface area contributed by atoms with Crippen LogP contribution in [0.2, 0.25) is 0 Å². The van der Waals surface area contributed by atoms with E-state index in [1.165, 1.54) is 0 Å². The molecule has 0 atom stereocenters. The van der Waals surface area contributed by atoms with Crippen molar-refractivity contribution in [3.05, 3.63) is 11.4 Å². The normalized spacial score (nSPS) is 15.3. The number of primary sulfonamides is 1. The van der Waals surface area contributed by atoms with Crippen LogP contribution in [0.4, 0.5) is 0 Å². The van der Waals surface area contributed by atoms with Crippen molar-refractivity contribution in [2.24, 2.45) is 5.14 Å². The SMILES string of the molecule is CCCN(CC)C(=O)c1n[nH]c(C2CC2)c1S(N)(=O)=O. The fourth-order valence-corrected chi connectivity index (χ4v) is 3.17. The highest BCUT2D eigenvalue weighted by Crippen LogP contribution is 2.42. The van der Waals surface area contributed by atoms with Gasteiger partial charge in [0.2, 0.25) is 10.0 Å². The van der Waals surface area contributed by atoms with E-state index >= 15 is 0 Å². The Labute approximate surface area is 118 Å². The molecular formula is C12H20N4O3S. The first-order chi connectivity index (χ1) is 9.40. The van der Waals surface area contributed by atoms with Crippen LogP contribution in [0.15, 0.2) is 4.90 Å². The highest BCUT2D eigenvalue weighted by molar-refractivity contribution is 7.89. The molecule has 1 amide bonds. The molecule has 0 radical (unpaired) electrons. The lowest BCUT2D eigenvalue weighted by atomic mass is 10.2. The average Bonchev–Trinajstić information content (AvgIpc) is 3.12. The molecule has 0 spiro atoms. The third-order valence-corrected chi connectivity index (χ3v) is 4.37. The second-order valence-corrected chi connectivity index (χ2v) is 6.52. The molecule has 0 aromatic carbocycles. The van der Waals surface area contributed by atoms with Crippen molar-refractivity contribution in [3.8, 4) is 0 Å². The van der Waals surface area contributed by atoms with E-state index < -0.39 is 10.0 Å². The minimum Gasteiger partial charge on any atom is -0.338 e. The molecule has 1 fully saturated rings. The van der Waals surface area contributed by atoms with Gasteiger partial charge in [0.15, 0.2) is 5.69 Å². The summed E-state index contributed by atoms with van der Waals surface area (Å²) in [6, 6.07) is 0. The number of H-pyrrole nitrogens is 1. The Bertz CT molecular complexity index is 604. The molecule has 1 aliphatic rings. The molecule has 0 bridgehead atoms. The second kappa shape index (κ2) is 5.53. The zero-order valence-electron chi connectivity index (χ0n) is 11.7. The van der Waals surface area contributed by atoms with E-state index in [4.69, 9.17) is 5.14 Å². The van der Waals surface area contributed by atoms with Gasteiger partial charge in [0.1, 0.15) is 4.90 Å². The van der Waals surface area contributed by atoms with Gasteiger partial charge in [0.25, 0.3) is 5.91 Å². The van der Waals surface area contributed by atoms with Crippen LogP contribution < -0.4 is 5.14 Å². The van der Waals surface area contributed by atoms with Crippen molar-refractivity contribution in [3.63, 3.8) is 0 Å². The van der Waals surface area contributed by atoms with Crippen LogP contribution in [0, 0.1) is 0 Å². The number of hydrogen-bond donors (Lipinski definition) is 2. The lowest BCUT2D eigenvalue weighted by Crippen LogP contribution is -2.33. The highest BCUT2D eigenvalue weighted by Gasteiger charge is 2.36. The summed E-state index contributed by atoms with van der Waals surface area (Å²) in [5, 5.41) is 11.9. The molecule has 1 saturated carbocycles. The maximum atomic E-state index is 12.4. The van der Waals surface area contributed by atoms with Crippen LogP contribution in [0.25, 0.3) is 0 Å². The van der Waals surface area contributed by atoms with Gasteiger partial charge in [-0.3, -0.25) is 9.89 Å². The maximum Gasteiger partial charge on any atom is 0.275 e. The van der Waals surface area contributed by atoms with Gasteiger partial charge in [0, 0.05) is 19.0 Å². The molecule has 1 aliphatic carbocycles. The summed E-state index contributed by atoms with van der Waals surface area (Å²) in [6.07, 6.45) is 2.58. The summed E-state index contributed by atoms with van der Waals surface area (Å²) in [5.41, 5.74) is 0.396. The number of aromatic amines is 1. The summed E-state index contributed by atoms with van der Waals surface area (Å²) in [6.45, 7) is 4.86. The number of nitrogens with two attached hydrogens (primary N) is 1. The highest BCUT2D eigenvalue weighted by atomic mass is 32.2. The van der Waals surface area contributed by atoms with Crippen LogP contribution in [0.1, 0.15) is 55.2 Å². The van der Waals surface area contributed by atoms with Gasteiger partial charge >= 0.3 is 0 Å². The van der Waals surface area contributed by atoms with E-state index in [0.29, 0.717) is 18.8 Å².